The average Bonchev–Trinajstić information content (AvgIpc) is 2.59. The second-order valence-corrected chi connectivity index (χ2v) is 8.44. The van der Waals surface area contributed by atoms with E-state index in [1.54, 1.807) is 16.4 Å². The molecule has 1 aromatic rings. The molecule has 1 aliphatic heterocycles. The van der Waals surface area contributed by atoms with Crippen LogP contribution in [0.15, 0.2) is 23.1 Å². The molecule has 2 rings (SSSR count). The molecule has 1 atom stereocenters. The third-order valence-corrected chi connectivity index (χ3v) is 6.65. The number of carbonyl (C=O) groups excluding carboxylic acids is 1. The summed E-state index contributed by atoms with van der Waals surface area (Å²) in [4.78, 5) is 12.6. The molecule has 7 heteroatoms. The van der Waals surface area contributed by atoms with Gasteiger partial charge < -0.3 is 10.6 Å². The smallest absolute Gasteiger partial charge is 0.251 e. The number of nitrogens with zero attached hydrogens (tertiary/aromatic N) is 1. The molecular formula is C18H29N3O3S. The van der Waals surface area contributed by atoms with Gasteiger partial charge in [0.15, 0.2) is 0 Å². The third kappa shape index (κ3) is 4.80. The van der Waals surface area contributed by atoms with Crippen molar-refractivity contribution in [1.29, 1.82) is 0 Å². The van der Waals surface area contributed by atoms with E-state index in [9.17, 15) is 13.2 Å². The van der Waals surface area contributed by atoms with Crippen LogP contribution >= 0.6 is 0 Å². The Kier molecular flexibility index (Phi) is 6.98. The van der Waals surface area contributed by atoms with Crippen LogP contribution < -0.4 is 10.6 Å². The number of hydrogen-bond donors (Lipinski definition) is 2. The van der Waals surface area contributed by atoms with E-state index in [2.05, 4.69) is 10.6 Å². The number of carbonyl (C=O) groups is 1. The molecule has 6 nitrogen and oxygen atoms in total. The van der Waals surface area contributed by atoms with E-state index in [1.807, 2.05) is 20.8 Å². The van der Waals surface area contributed by atoms with Crippen LogP contribution in [0.5, 0.6) is 0 Å². The van der Waals surface area contributed by atoms with Gasteiger partial charge in [0.2, 0.25) is 10.0 Å². The lowest BCUT2D eigenvalue weighted by Gasteiger charge is -2.32. The predicted molar refractivity (Wildman–Crippen MR) is 99.3 cm³/mol. The third-order valence-electron chi connectivity index (χ3n) is 4.64. The molecule has 1 heterocycles. The topological polar surface area (TPSA) is 78.5 Å². The van der Waals surface area contributed by atoms with Crippen LogP contribution in [-0.2, 0) is 10.0 Å². The molecule has 25 heavy (non-hydrogen) atoms. The monoisotopic (exact) mass is 367 g/mol. The number of benzene rings is 1. The van der Waals surface area contributed by atoms with Gasteiger partial charge in [-0.25, -0.2) is 8.42 Å². The summed E-state index contributed by atoms with van der Waals surface area (Å²) in [6, 6.07) is 4.81. The SMILES string of the molecule is CCNCCNC(=O)c1cc(S(=O)(=O)N2CCCCC2C)ccc1C. The average molecular weight is 368 g/mol. The summed E-state index contributed by atoms with van der Waals surface area (Å²) in [6.45, 7) is 8.34. The number of nitrogens with one attached hydrogen (secondary N) is 2. The Morgan fingerprint density at radius 3 is 2.72 bits per heavy atom. The number of aryl methyl sites for hydroxylation is 1. The summed E-state index contributed by atoms with van der Waals surface area (Å²) >= 11 is 0. The van der Waals surface area contributed by atoms with E-state index in [0.29, 0.717) is 25.2 Å². The fourth-order valence-electron chi connectivity index (χ4n) is 3.11. The predicted octanol–water partition coefficient (Wildman–Crippen LogP) is 1.90. The first-order chi connectivity index (χ1) is 11.9. The largest absolute Gasteiger partial charge is 0.351 e. The lowest BCUT2D eigenvalue weighted by molar-refractivity contribution is 0.0953. The zero-order valence-electron chi connectivity index (χ0n) is 15.3. The summed E-state index contributed by atoms with van der Waals surface area (Å²) in [5.41, 5.74) is 1.19. The van der Waals surface area contributed by atoms with Gasteiger partial charge in [-0.2, -0.15) is 4.31 Å². The van der Waals surface area contributed by atoms with E-state index in [0.717, 1.165) is 31.4 Å². The van der Waals surface area contributed by atoms with Crippen LogP contribution in [0.2, 0.25) is 0 Å². The van der Waals surface area contributed by atoms with E-state index in [4.69, 9.17) is 0 Å². The second-order valence-electron chi connectivity index (χ2n) is 6.55. The van der Waals surface area contributed by atoms with Crippen LogP contribution in [0.4, 0.5) is 0 Å². The molecule has 1 aliphatic rings. The summed E-state index contributed by atoms with van der Waals surface area (Å²) in [5, 5.41) is 5.97. The van der Waals surface area contributed by atoms with Crippen LogP contribution in [0.25, 0.3) is 0 Å². The van der Waals surface area contributed by atoms with E-state index >= 15 is 0 Å². The summed E-state index contributed by atoms with van der Waals surface area (Å²) in [5.74, 6) is -0.237. The molecule has 1 fully saturated rings. The highest BCUT2D eigenvalue weighted by Crippen LogP contribution is 2.26. The second kappa shape index (κ2) is 8.78. The van der Waals surface area contributed by atoms with Crippen molar-refractivity contribution in [1.82, 2.24) is 14.9 Å². The fourth-order valence-corrected chi connectivity index (χ4v) is 4.83. The molecule has 140 valence electrons. The molecular weight excluding hydrogens is 338 g/mol. The van der Waals surface area contributed by atoms with Crippen molar-refractivity contribution in [3.63, 3.8) is 0 Å². The zero-order chi connectivity index (χ0) is 18.4. The molecule has 1 saturated heterocycles. The van der Waals surface area contributed by atoms with Crippen molar-refractivity contribution in [3.8, 4) is 0 Å². The highest BCUT2D eigenvalue weighted by Gasteiger charge is 2.31. The van der Waals surface area contributed by atoms with Crippen molar-refractivity contribution >= 4 is 15.9 Å². The molecule has 2 N–H and O–H groups in total. The first kappa shape index (κ1) is 19.9. The van der Waals surface area contributed by atoms with Gasteiger partial charge >= 0.3 is 0 Å². The van der Waals surface area contributed by atoms with Crippen molar-refractivity contribution in [3.05, 3.63) is 29.3 Å². The van der Waals surface area contributed by atoms with Gasteiger partial charge in [0.25, 0.3) is 5.91 Å². The Labute approximate surface area is 151 Å². The molecule has 1 unspecified atom stereocenters. The summed E-state index contributed by atoms with van der Waals surface area (Å²) in [6.07, 6.45) is 2.82. The fraction of sp³-hybridized carbons (Fsp3) is 0.611. The summed E-state index contributed by atoms with van der Waals surface area (Å²) in [7, 11) is -3.57. The van der Waals surface area contributed by atoms with E-state index in [1.165, 1.54) is 6.07 Å². The molecule has 0 aliphatic carbocycles. The summed E-state index contributed by atoms with van der Waals surface area (Å²) < 4.78 is 27.5. The van der Waals surface area contributed by atoms with Crippen molar-refractivity contribution in [2.45, 2.75) is 51.0 Å². The lowest BCUT2D eigenvalue weighted by atomic mass is 10.1. The maximum atomic E-state index is 13.0. The van der Waals surface area contributed by atoms with Crippen molar-refractivity contribution < 1.29 is 13.2 Å². The molecule has 1 amide bonds. The number of amides is 1. The van der Waals surface area contributed by atoms with Crippen LogP contribution in [0.1, 0.15) is 49.0 Å². The Morgan fingerprint density at radius 1 is 1.28 bits per heavy atom. The molecule has 0 spiro atoms. The minimum atomic E-state index is -3.57. The van der Waals surface area contributed by atoms with Crippen LogP contribution in [-0.4, -0.2) is 50.9 Å². The highest BCUT2D eigenvalue weighted by atomic mass is 32.2. The van der Waals surface area contributed by atoms with Gasteiger partial charge in [-0.05, 0) is 50.9 Å². The van der Waals surface area contributed by atoms with Crippen LogP contribution in [0, 0.1) is 6.92 Å². The number of likely N-dealkylation sites (N-methyl/N-ethyl adjacent to an activating group) is 1. The normalized spacial score (nSPS) is 18.9. The number of sulfonamides is 1. The minimum absolute atomic E-state index is 0.00236. The molecule has 1 aromatic carbocycles. The Morgan fingerprint density at radius 2 is 2.04 bits per heavy atom. The zero-order valence-corrected chi connectivity index (χ0v) is 16.2. The Bertz CT molecular complexity index is 704. The highest BCUT2D eigenvalue weighted by molar-refractivity contribution is 7.89. The number of piperidine rings is 1. The van der Waals surface area contributed by atoms with Crippen molar-refractivity contribution in [2.75, 3.05) is 26.2 Å². The van der Waals surface area contributed by atoms with Crippen LogP contribution in [0.3, 0.4) is 0 Å². The van der Waals surface area contributed by atoms with E-state index in [-0.39, 0.29) is 16.8 Å². The quantitative estimate of drug-likeness (QED) is 0.722. The number of hydrogen-bond acceptors (Lipinski definition) is 4. The lowest BCUT2D eigenvalue weighted by Crippen LogP contribution is -2.42. The first-order valence-corrected chi connectivity index (χ1v) is 10.4. The molecule has 0 bridgehead atoms. The van der Waals surface area contributed by atoms with Gasteiger partial charge in [0, 0.05) is 31.2 Å². The maximum Gasteiger partial charge on any atom is 0.251 e. The maximum absolute atomic E-state index is 13.0. The first-order valence-electron chi connectivity index (χ1n) is 8.99. The molecule has 0 aromatic heterocycles. The Hall–Kier alpha value is -1.44. The van der Waals surface area contributed by atoms with Gasteiger partial charge in [-0.1, -0.05) is 19.4 Å². The number of rotatable bonds is 7. The van der Waals surface area contributed by atoms with Crippen molar-refractivity contribution in [2.24, 2.45) is 0 Å². The van der Waals surface area contributed by atoms with E-state index < -0.39 is 10.0 Å². The minimum Gasteiger partial charge on any atom is -0.351 e. The van der Waals surface area contributed by atoms with Gasteiger partial charge in [-0.3, -0.25) is 4.79 Å². The standard InChI is InChI=1S/C18H29N3O3S/c1-4-19-10-11-20-18(22)17-13-16(9-8-14(17)2)25(23,24)21-12-6-5-7-15(21)3/h8-9,13,15,19H,4-7,10-12H2,1-3H3,(H,20,22). The van der Waals surface area contributed by atoms with Gasteiger partial charge in [0.05, 0.1) is 4.90 Å². The molecule has 0 radical (unpaired) electrons. The molecule has 0 saturated carbocycles. The van der Waals surface area contributed by atoms with Gasteiger partial charge in [-0.15, -0.1) is 0 Å². The Balaban J connectivity index is 2.21. The van der Waals surface area contributed by atoms with Gasteiger partial charge in [0.1, 0.15) is 0 Å².